The van der Waals surface area contributed by atoms with E-state index in [0.29, 0.717) is 38.7 Å². The van der Waals surface area contributed by atoms with Gasteiger partial charge in [-0.15, -0.1) is 6.42 Å². The molecule has 2 aromatic carbocycles. The molecule has 1 saturated carbocycles. The first-order chi connectivity index (χ1) is 19.6. The molecule has 41 heavy (non-hydrogen) atoms. The molecule has 1 aliphatic carbocycles. The van der Waals surface area contributed by atoms with E-state index in [1.54, 1.807) is 6.07 Å². The summed E-state index contributed by atoms with van der Waals surface area (Å²) in [6.07, 6.45) is 13.3. The second kappa shape index (κ2) is 10.2. The summed E-state index contributed by atoms with van der Waals surface area (Å²) in [6, 6.07) is 10.7. The third-order valence-corrected chi connectivity index (χ3v) is 7.93. The molecule has 0 bridgehead atoms. The molecule has 8 nitrogen and oxygen atoms in total. The van der Waals surface area contributed by atoms with Crippen molar-refractivity contribution in [2.75, 3.05) is 0 Å². The summed E-state index contributed by atoms with van der Waals surface area (Å²) in [5.41, 5.74) is 3.80. The van der Waals surface area contributed by atoms with Gasteiger partial charge in [-0.3, -0.25) is 9.78 Å². The van der Waals surface area contributed by atoms with Crippen LogP contribution in [0.5, 0.6) is 11.5 Å². The van der Waals surface area contributed by atoms with Gasteiger partial charge in [0.05, 0.1) is 28.6 Å². The summed E-state index contributed by atoms with van der Waals surface area (Å²) < 4.78 is 48.4. The van der Waals surface area contributed by atoms with Crippen LogP contribution in [0.4, 0.5) is 3.89 Å². The number of terminal acetylenes is 1. The fourth-order valence-electron chi connectivity index (χ4n) is 5.91. The number of benzene rings is 2. The van der Waals surface area contributed by atoms with E-state index in [0.717, 1.165) is 54.9 Å². The summed E-state index contributed by atoms with van der Waals surface area (Å²) in [6.45, 7) is 3.74. The van der Waals surface area contributed by atoms with Crippen molar-refractivity contribution in [1.82, 2.24) is 14.5 Å². The maximum atomic E-state index is 14.2. The summed E-state index contributed by atoms with van der Waals surface area (Å²) >= 11 is 0. The van der Waals surface area contributed by atoms with E-state index in [4.69, 9.17) is 11.2 Å². The minimum absolute atomic E-state index is 0.138. The molecule has 0 spiro atoms. The van der Waals surface area contributed by atoms with Crippen LogP contribution in [0.2, 0.25) is 0 Å². The SMILES string of the molecule is C#Cc1ccc2c(c1)[nH]c1c2c(=O)c2cc(OC(C)C)c(-c3cncc(OS(=O)(=O)F)c3)cc2n1C1CCCCC1. The van der Waals surface area contributed by atoms with Crippen LogP contribution < -0.4 is 14.3 Å². The molecule has 6 rings (SSSR count). The molecule has 0 amide bonds. The van der Waals surface area contributed by atoms with Gasteiger partial charge in [0.1, 0.15) is 11.4 Å². The van der Waals surface area contributed by atoms with Crippen molar-refractivity contribution in [3.05, 3.63) is 64.6 Å². The van der Waals surface area contributed by atoms with Gasteiger partial charge in [-0.2, -0.15) is 8.42 Å². The monoisotopic (exact) mass is 573 g/mol. The standard InChI is InChI=1S/C31H28FN3O5S/c1-4-19-10-11-23-26(12-19)34-31-29(23)30(36)25-15-28(39-18(2)3)24(14-27(25)35(31)21-8-6-5-7-9-21)20-13-22(17-33-16-20)40-41(32,37)38/h1,10-18,21,34H,5-9H2,2-3H3. The molecule has 1 aliphatic rings. The zero-order valence-electron chi connectivity index (χ0n) is 22.6. The first kappa shape index (κ1) is 26.8. The number of ether oxygens (including phenoxy) is 1. The fraction of sp³-hybridized carbons (Fsp3) is 0.290. The Kier molecular flexibility index (Phi) is 6.70. The smallest absolute Gasteiger partial charge is 0.488 e. The summed E-state index contributed by atoms with van der Waals surface area (Å²) in [5, 5.41) is 1.89. The molecule has 0 atom stereocenters. The average molecular weight is 574 g/mol. The first-order valence-electron chi connectivity index (χ1n) is 13.5. The topological polar surface area (TPSA) is 103 Å². The highest BCUT2D eigenvalue weighted by Gasteiger charge is 2.25. The number of nitrogens with zero attached hydrogens (tertiary/aromatic N) is 2. The number of hydrogen-bond donors (Lipinski definition) is 1. The number of fused-ring (bicyclic) bond motifs is 4. The van der Waals surface area contributed by atoms with Gasteiger partial charge in [0.15, 0.2) is 11.2 Å². The first-order valence-corrected chi connectivity index (χ1v) is 14.8. The van der Waals surface area contributed by atoms with E-state index >= 15 is 0 Å². The number of halogens is 1. The lowest BCUT2D eigenvalue weighted by Gasteiger charge is -2.28. The van der Waals surface area contributed by atoms with Crippen LogP contribution in [0.3, 0.4) is 0 Å². The second-order valence-electron chi connectivity index (χ2n) is 10.7. The molecular formula is C31H28FN3O5S. The third-order valence-electron chi connectivity index (χ3n) is 7.54. The summed E-state index contributed by atoms with van der Waals surface area (Å²) in [4.78, 5) is 21.7. The van der Waals surface area contributed by atoms with Gasteiger partial charge in [-0.05, 0) is 57.0 Å². The van der Waals surface area contributed by atoms with E-state index < -0.39 is 10.5 Å². The van der Waals surface area contributed by atoms with Crippen molar-refractivity contribution >= 4 is 43.3 Å². The molecule has 0 radical (unpaired) electrons. The highest BCUT2D eigenvalue weighted by molar-refractivity contribution is 7.81. The Morgan fingerprint density at radius 3 is 2.59 bits per heavy atom. The maximum absolute atomic E-state index is 14.2. The van der Waals surface area contributed by atoms with E-state index in [1.807, 2.05) is 38.1 Å². The number of hydrogen-bond acceptors (Lipinski definition) is 6. The van der Waals surface area contributed by atoms with Crippen LogP contribution in [0.1, 0.15) is 57.6 Å². The normalized spacial score (nSPS) is 14.6. The molecule has 1 fully saturated rings. The lowest BCUT2D eigenvalue weighted by atomic mass is 9.94. The van der Waals surface area contributed by atoms with Gasteiger partial charge in [0.25, 0.3) is 0 Å². The van der Waals surface area contributed by atoms with Gasteiger partial charge in [-0.25, -0.2) is 0 Å². The highest BCUT2D eigenvalue weighted by Crippen LogP contribution is 2.40. The van der Waals surface area contributed by atoms with Crippen molar-refractivity contribution in [1.29, 1.82) is 0 Å². The molecule has 0 unspecified atom stereocenters. The Hall–Kier alpha value is -4.36. The zero-order chi connectivity index (χ0) is 28.9. The van der Waals surface area contributed by atoms with E-state index in [1.165, 1.54) is 12.3 Å². The summed E-state index contributed by atoms with van der Waals surface area (Å²) in [5.74, 6) is 2.80. The van der Waals surface area contributed by atoms with Gasteiger partial charge < -0.3 is 18.5 Å². The van der Waals surface area contributed by atoms with E-state index in [2.05, 4.69) is 24.6 Å². The molecule has 0 aliphatic heterocycles. The van der Waals surface area contributed by atoms with E-state index in [9.17, 15) is 17.1 Å². The van der Waals surface area contributed by atoms with Crippen LogP contribution in [0.25, 0.3) is 44.0 Å². The molecule has 210 valence electrons. The molecule has 3 aromatic heterocycles. The average Bonchev–Trinajstić information content (AvgIpc) is 3.31. The minimum atomic E-state index is -5.24. The number of nitrogens with one attached hydrogen (secondary N) is 1. The number of pyridine rings is 2. The Labute approximate surface area is 236 Å². The Balaban J connectivity index is 1.70. The number of H-pyrrole nitrogens is 1. The van der Waals surface area contributed by atoms with Crippen LogP contribution in [0, 0.1) is 12.3 Å². The van der Waals surface area contributed by atoms with Gasteiger partial charge in [0, 0.05) is 39.8 Å². The largest absolute Gasteiger partial charge is 0.490 e. The number of aromatic nitrogens is 3. The van der Waals surface area contributed by atoms with Crippen molar-refractivity contribution in [2.24, 2.45) is 0 Å². The van der Waals surface area contributed by atoms with Crippen LogP contribution >= 0.6 is 0 Å². The van der Waals surface area contributed by atoms with Crippen molar-refractivity contribution in [2.45, 2.75) is 58.1 Å². The van der Waals surface area contributed by atoms with E-state index in [-0.39, 0.29) is 23.3 Å². The van der Waals surface area contributed by atoms with Gasteiger partial charge in [0.2, 0.25) is 0 Å². The van der Waals surface area contributed by atoms with Crippen LogP contribution in [0.15, 0.2) is 53.6 Å². The van der Waals surface area contributed by atoms with Crippen LogP contribution in [-0.4, -0.2) is 29.1 Å². The van der Waals surface area contributed by atoms with Crippen molar-refractivity contribution in [3.8, 4) is 35.0 Å². The predicted molar refractivity (Wildman–Crippen MR) is 157 cm³/mol. The Morgan fingerprint density at radius 1 is 1.10 bits per heavy atom. The van der Waals surface area contributed by atoms with Gasteiger partial charge >= 0.3 is 10.5 Å². The lowest BCUT2D eigenvalue weighted by molar-refractivity contribution is 0.244. The third kappa shape index (κ3) is 5.02. The molecule has 1 N–H and O–H groups in total. The number of aromatic amines is 1. The number of rotatable bonds is 6. The minimum Gasteiger partial charge on any atom is -0.490 e. The predicted octanol–water partition coefficient (Wildman–Crippen LogP) is 6.56. The van der Waals surface area contributed by atoms with Crippen LogP contribution in [-0.2, 0) is 10.5 Å². The quantitative estimate of drug-likeness (QED) is 0.182. The highest BCUT2D eigenvalue weighted by atomic mass is 32.3. The lowest BCUT2D eigenvalue weighted by Crippen LogP contribution is -2.19. The maximum Gasteiger partial charge on any atom is 0.488 e. The molecular weight excluding hydrogens is 545 g/mol. The molecule has 5 aromatic rings. The fourth-order valence-corrected chi connectivity index (χ4v) is 6.23. The van der Waals surface area contributed by atoms with Crippen molar-refractivity contribution in [3.63, 3.8) is 0 Å². The second-order valence-corrected chi connectivity index (χ2v) is 11.6. The molecule has 0 saturated heterocycles. The molecule has 10 heteroatoms. The van der Waals surface area contributed by atoms with Gasteiger partial charge in [-0.1, -0.05) is 35.1 Å². The molecule has 3 heterocycles. The Morgan fingerprint density at radius 2 is 1.88 bits per heavy atom. The Bertz CT molecular complexity index is 2030. The van der Waals surface area contributed by atoms with Crippen molar-refractivity contribution < 1.29 is 21.2 Å². The zero-order valence-corrected chi connectivity index (χ0v) is 23.4. The summed E-state index contributed by atoms with van der Waals surface area (Å²) in [7, 11) is -5.24.